The highest BCUT2D eigenvalue weighted by Gasteiger charge is 2.06. The predicted octanol–water partition coefficient (Wildman–Crippen LogP) is 0.892. The Hall–Kier alpha value is -0.380. The first-order valence-corrected chi connectivity index (χ1v) is 4.76. The molecular weight excluding hydrogens is 166 g/mol. The highest BCUT2D eigenvalue weighted by atomic mass is 16.5. The molecule has 3 nitrogen and oxygen atoms in total. The summed E-state index contributed by atoms with van der Waals surface area (Å²) in [4.78, 5) is 2.10. The van der Waals surface area contributed by atoms with Gasteiger partial charge in [0.05, 0.1) is 19.3 Å². The molecule has 0 amide bonds. The van der Waals surface area contributed by atoms with E-state index in [-0.39, 0.29) is 0 Å². The van der Waals surface area contributed by atoms with E-state index in [9.17, 15) is 5.11 Å². The van der Waals surface area contributed by atoms with E-state index in [1.54, 1.807) is 6.08 Å². The molecule has 1 unspecified atom stereocenters. The van der Waals surface area contributed by atoms with Gasteiger partial charge in [-0.05, 0) is 20.0 Å². The van der Waals surface area contributed by atoms with E-state index in [1.807, 2.05) is 7.05 Å². The summed E-state index contributed by atoms with van der Waals surface area (Å²) >= 11 is 0. The second kappa shape index (κ2) is 8.23. The van der Waals surface area contributed by atoms with Crippen molar-refractivity contribution in [1.82, 2.24) is 4.90 Å². The van der Waals surface area contributed by atoms with Gasteiger partial charge in [-0.1, -0.05) is 13.0 Å². The van der Waals surface area contributed by atoms with Crippen molar-refractivity contribution < 1.29 is 9.84 Å². The van der Waals surface area contributed by atoms with Crippen molar-refractivity contribution in [2.24, 2.45) is 0 Å². The molecule has 0 fully saturated rings. The minimum Gasteiger partial charge on any atom is -0.389 e. The number of aliphatic hydroxyl groups is 1. The number of hydrogen-bond acceptors (Lipinski definition) is 3. The molecule has 0 aromatic carbocycles. The standard InChI is InChI=1S/C10H21NO2/c1-4-6-11(3)8-10(12)9-13-7-5-2/h5,10,12H,2,4,6-9H2,1,3H3. The lowest BCUT2D eigenvalue weighted by atomic mass is 10.3. The number of ether oxygens (including phenoxy) is 1. The first-order valence-electron chi connectivity index (χ1n) is 4.76. The Bertz CT molecular complexity index is 128. The van der Waals surface area contributed by atoms with Gasteiger partial charge in [0.15, 0.2) is 0 Å². The van der Waals surface area contributed by atoms with Crippen LogP contribution in [-0.4, -0.2) is 49.5 Å². The molecule has 0 aliphatic rings. The van der Waals surface area contributed by atoms with Gasteiger partial charge in [0.2, 0.25) is 0 Å². The van der Waals surface area contributed by atoms with Gasteiger partial charge in [0.1, 0.15) is 0 Å². The van der Waals surface area contributed by atoms with Crippen molar-refractivity contribution in [3.8, 4) is 0 Å². The van der Waals surface area contributed by atoms with Gasteiger partial charge in [-0.2, -0.15) is 0 Å². The Morgan fingerprint density at radius 2 is 2.31 bits per heavy atom. The van der Waals surface area contributed by atoms with E-state index < -0.39 is 6.10 Å². The van der Waals surface area contributed by atoms with Gasteiger partial charge in [-0.25, -0.2) is 0 Å². The van der Waals surface area contributed by atoms with Gasteiger partial charge < -0.3 is 14.7 Å². The van der Waals surface area contributed by atoms with Crippen molar-refractivity contribution in [2.45, 2.75) is 19.4 Å². The molecule has 0 radical (unpaired) electrons. The average molecular weight is 187 g/mol. The largest absolute Gasteiger partial charge is 0.389 e. The lowest BCUT2D eigenvalue weighted by molar-refractivity contribution is 0.0311. The van der Waals surface area contributed by atoms with Crippen molar-refractivity contribution in [1.29, 1.82) is 0 Å². The third-order valence-electron chi connectivity index (χ3n) is 1.67. The molecule has 0 heterocycles. The lowest BCUT2D eigenvalue weighted by Gasteiger charge is -2.19. The fourth-order valence-corrected chi connectivity index (χ4v) is 1.17. The normalized spacial score (nSPS) is 13.2. The summed E-state index contributed by atoms with van der Waals surface area (Å²) in [6.45, 7) is 8.23. The van der Waals surface area contributed by atoms with Crippen LogP contribution in [0.15, 0.2) is 12.7 Å². The fraction of sp³-hybridized carbons (Fsp3) is 0.800. The monoisotopic (exact) mass is 187 g/mol. The average Bonchev–Trinajstić information content (AvgIpc) is 2.05. The summed E-state index contributed by atoms with van der Waals surface area (Å²) < 4.78 is 5.13. The Balaban J connectivity index is 3.37. The summed E-state index contributed by atoms with van der Waals surface area (Å²) in [7, 11) is 2.00. The highest BCUT2D eigenvalue weighted by Crippen LogP contribution is 1.92. The molecule has 0 aliphatic carbocycles. The van der Waals surface area contributed by atoms with Crippen molar-refractivity contribution in [3.63, 3.8) is 0 Å². The zero-order valence-corrected chi connectivity index (χ0v) is 8.70. The zero-order valence-electron chi connectivity index (χ0n) is 8.70. The molecule has 1 N–H and O–H groups in total. The van der Waals surface area contributed by atoms with Crippen LogP contribution in [0, 0.1) is 0 Å². The van der Waals surface area contributed by atoms with E-state index >= 15 is 0 Å². The minimum atomic E-state index is -0.392. The topological polar surface area (TPSA) is 32.7 Å². The molecule has 13 heavy (non-hydrogen) atoms. The number of aliphatic hydroxyl groups excluding tert-OH is 1. The quantitative estimate of drug-likeness (QED) is 0.452. The van der Waals surface area contributed by atoms with Gasteiger partial charge in [-0.3, -0.25) is 0 Å². The lowest BCUT2D eigenvalue weighted by Crippen LogP contribution is -2.32. The first-order chi connectivity index (χ1) is 6.20. The number of likely N-dealkylation sites (N-methyl/N-ethyl adjacent to an activating group) is 1. The maximum atomic E-state index is 9.47. The van der Waals surface area contributed by atoms with Crippen LogP contribution >= 0.6 is 0 Å². The molecule has 0 saturated carbocycles. The number of nitrogens with zero attached hydrogens (tertiary/aromatic N) is 1. The molecule has 0 aromatic rings. The van der Waals surface area contributed by atoms with Crippen LogP contribution in [-0.2, 0) is 4.74 Å². The molecule has 3 heteroatoms. The molecule has 78 valence electrons. The van der Waals surface area contributed by atoms with E-state index in [0.717, 1.165) is 13.0 Å². The third-order valence-corrected chi connectivity index (χ3v) is 1.67. The van der Waals surface area contributed by atoms with E-state index in [4.69, 9.17) is 4.74 Å². The Morgan fingerprint density at radius 1 is 1.62 bits per heavy atom. The Kier molecular flexibility index (Phi) is 7.99. The molecule has 0 spiro atoms. The highest BCUT2D eigenvalue weighted by molar-refractivity contribution is 4.66. The maximum Gasteiger partial charge on any atom is 0.0900 e. The van der Waals surface area contributed by atoms with Crippen LogP contribution in [0.25, 0.3) is 0 Å². The molecule has 1 atom stereocenters. The van der Waals surface area contributed by atoms with Gasteiger partial charge in [0.25, 0.3) is 0 Å². The van der Waals surface area contributed by atoms with Crippen LogP contribution in [0.3, 0.4) is 0 Å². The van der Waals surface area contributed by atoms with Crippen molar-refractivity contribution in [2.75, 3.05) is 33.4 Å². The molecule has 0 bridgehead atoms. The van der Waals surface area contributed by atoms with Crippen molar-refractivity contribution >= 4 is 0 Å². The Morgan fingerprint density at radius 3 is 2.85 bits per heavy atom. The molecule has 0 saturated heterocycles. The summed E-state index contributed by atoms with van der Waals surface area (Å²) in [5.41, 5.74) is 0. The Labute approximate surface area is 81.0 Å². The predicted molar refractivity (Wildman–Crippen MR) is 54.8 cm³/mol. The third kappa shape index (κ3) is 7.96. The summed E-state index contributed by atoms with van der Waals surface area (Å²) in [5, 5.41) is 9.47. The molecular formula is C10H21NO2. The fourth-order valence-electron chi connectivity index (χ4n) is 1.17. The van der Waals surface area contributed by atoms with E-state index in [1.165, 1.54) is 0 Å². The van der Waals surface area contributed by atoms with E-state index in [0.29, 0.717) is 19.8 Å². The van der Waals surface area contributed by atoms with Gasteiger partial charge >= 0.3 is 0 Å². The van der Waals surface area contributed by atoms with Gasteiger partial charge in [-0.15, -0.1) is 6.58 Å². The smallest absolute Gasteiger partial charge is 0.0900 e. The molecule has 0 aliphatic heterocycles. The van der Waals surface area contributed by atoms with Crippen LogP contribution in [0.2, 0.25) is 0 Å². The first kappa shape index (κ1) is 12.6. The summed E-state index contributed by atoms with van der Waals surface area (Å²) in [6.07, 6.45) is 2.40. The second-order valence-corrected chi connectivity index (χ2v) is 3.24. The number of rotatable bonds is 8. The van der Waals surface area contributed by atoms with Gasteiger partial charge in [0, 0.05) is 6.54 Å². The second-order valence-electron chi connectivity index (χ2n) is 3.24. The summed E-state index contributed by atoms with van der Waals surface area (Å²) in [5.74, 6) is 0. The minimum absolute atomic E-state index is 0.389. The molecule has 0 rings (SSSR count). The maximum absolute atomic E-state index is 9.47. The summed E-state index contributed by atoms with van der Waals surface area (Å²) in [6, 6.07) is 0. The van der Waals surface area contributed by atoms with Crippen LogP contribution in [0.5, 0.6) is 0 Å². The van der Waals surface area contributed by atoms with Crippen molar-refractivity contribution in [3.05, 3.63) is 12.7 Å². The van der Waals surface area contributed by atoms with Crippen LogP contribution in [0.4, 0.5) is 0 Å². The molecule has 0 aromatic heterocycles. The number of hydrogen-bond donors (Lipinski definition) is 1. The van der Waals surface area contributed by atoms with Crippen LogP contribution in [0.1, 0.15) is 13.3 Å². The SMILES string of the molecule is C=CCOCC(O)CN(C)CCC. The zero-order chi connectivity index (χ0) is 10.1. The van der Waals surface area contributed by atoms with Crippen LogP contribution < -0.4 is 0 Å². The van der Waals surface area contributed by atoms with E-state index in [2.05, 4.69) is 18.4 Å².